The van der Waals surface area contributed by atoms with Crippen LogP contribution in [0.1, 0.15) is 30.0 Å². The van der Waals surface area contributed by atoms with Crippen molar-refractivity contribution in [2.24, 2.45) is 5.92 Å². The number of thioether (sulfide) groups is 1. The lowest BCUT2D eigenvalue weighted by molar-refractivity contribution is 0.425. The summed E-state index contributed by atoms with van der Waals surface area (Å²) in [5.41, 5.74) is 4.34. The van der Waals surface area contributed by atoms with Gasteiger partial charge >= 0.3 is 0 Å². The van der Waals surface area contributed by atoms with Gasteiger partial charge in [-0.05, 0) is 61.6 Å². The molecule has 1 saturated heterocycles. The Labute approximate surface area is 116 Å². The molecule has 0 bridgehead atoms. The van der Waals surface area contributed by atoms with Crippen molar-refractivity contribution in [2.45, 2.75) is 39.7 Å². The molecule has 1 aromatic carbocycles. The first-order chi connectivity index (χ1) is 8.70. The summed E-state index contributed by atoms with van der Waals surface area (Å²) in [7, 11) is 0. The number of benzene rings is 1. The molecule has 1 nitrogen and oxygen atoms in total. The number of nitrogens with one attached hydrogen (secondary N) is 1. The Balaban J connectivity index is 1.96. The number of rotatable bonds is 5. The van der Waals surface area contributed by atoms with Gasteiger partial charge in [-0.1, -0.05) is 25.1 Å². The van der Waals surface area contributed by atoms with Crippen LogP contribution in [0.5, 0.6) is 0 Å². The third kappa shape index (κ3) is 3.52. The Bertz CT molecular complexity index is 389. The fourth-order valence-corrected chi connectivity index (χ4v) is 4.02. The van der Waals surface area contributed by atoms with E-state index in [1.807, 2.05) is 0 Å². The maximum atomic E-state index is 3.71. The van der Waals surface area contributed by atoms with Crippen LogP contribution in [0.15, 0.2) is 18.2 Å². The van der Waals surface area contributed by atoms with Crippen molar-refractivity contribution >= 4 is 11.8 Å². The van der Waals surface area contributed by atoms with Crippen LogP contribution in [0, 0.1) is 19.8 Å². The van der Waals surface area contributed by atoms with E-state index in [-0.39, 0.29) is 0 Å². The van der Waals surface area contributed by atoms with Crippen molar-refractivity contribution in [1.29, 1.82) is 0 Å². The van der Waals surface area contributed by atoms with Gasteiger partial charge in [0.25, 0.3) is 0 Å². The van der Waals surface area contributed by atoms with E-state index in [9.17, 15) is 0 Å². The monoisotopic (exact) mass is 263 g/mol. The van der Waals surface area contributed by atoms with Crippen molar-refractivity contribution in [3.8, 4) is 0 Å². The summed E-state index contributed by atoms with van der Waals surface area (Å²) in [5, 5.41) is 3.71. The van der Waals surface area contributed by atoms with E-state index >= 15 is 0 Å². The average Bonchev–Trinajstić information content (AvgIpc) is 2.79. The third-order valence-electron chi connectivity index (χ3n) is 3.92. The molecule has 2 unspecified atom stereocenters. The summed E-state index contributed by atoms with van der Waals surface area (Å²) >= 11 is 2.10. The Morgan fingerprint density at radius 3 is 2.78 bits per heavy atom. The van der Waals surface area contributed by atoms with Gasteiger partial charge < -0.3 is 5.32 Å². The van der Waals surface area contributed by atoms with Gasteiger partial charge in [-0.3, -0.25) is 0 Å². The normalized spacial score (nSPS) is 23.5. The molecule has 1 aromatic rings. The van der Waals surface area contributed by atoms with E-state index in [1.165, 1.54) is 41.0 Å². The molecule has 0 radical (unpaired) electrons. The first kappa shape index (κ1) is 14.0. The first-order valence-electron chi connectivity index (χ1n) is 7.08. The quantitative estimate of drug-likeness (QED) is 0.871. The molecule has 2 atom stereocenters. The molecule has 100 valence electrons. The van der Waals surface area contributed by atoms with Crippen molar-refractivity contribution in [2.75, 3.05) is 18.1 Å². The van der Waals surface area contributed by atoms with Gasteiger partial charge in [0.05, 0.1) is 0 Å². The standard InChI is InChI=1S/C16H25NS/c1-4-7-17-16-11-18-10-15(16)9-14-6-5-12(2)13(3)8-14/h5-6,8,15-17H,4,7,9-11H2,1-3H3. The summed E-state index contributed by atoms with van der Waals surface area (Å²) in [6.45, 7) is 7.81. The average molecular weight is 263 g/mol. The highest BCUT2D eigenvalue weighted by Gasteiger charge is 2.27. The summed E-state index contributed by atoms with van der Waals surface area (Å²) in [6, 6.07) is 7.66. The van der Waals surface area contributed by atoms with Crippen LogP contribution in [0.25, 0.3) is 0 Å². The zero-order chi connectivity index (χ0) is 13.0. The second-order valence-electron chi connectivity index (χ2n) is 5.48. The van der Waals surface area contributed by atoms with Gasteiger partial charge in [0.15, 0.2) is 0 Å². The summed E-state index contributed by atoms with van der Waals surface area (Å²) < 4.78 is 0. The number of aryl methyl sites for hydroxylation is 2. The Kier molecular flexibility index (Phi) is 5.13. The molecule has 1 aliphatic rings. The maximum absolute atomic E-state index is 3.71. The van der Waals surface area contributed by atoms with Gasteiger partial charge in [-0.25, -0.2) is 0 Å². The van der Waals surface area contributed by atoms with Crippen LogP contribution in [0.4, 0.5) is 0 Å². The molecule has 0 spiro atoms. The maximum Gasteiger partial charge on any atom is 0.0197 e. The van der Waals surface area contributed by atoms with Crippen LogP contribution in [0.3, 0.4) is 0 Å². The lowest BCUT2D eigenvalue weighted by Crippen LogP contribution is -2.36. The lowest BCUT2D eigenvalue weighted by atomic mass is 9.93. The van der Waals surface area contributed by atoms with E-state index in [0.717, 1.165) is 18.5 Å². The smallest absolute Gasteiger partial charge is 0.0197 e. The molecular formula is C16H25NS. The highest BCUT2D eigenvalue weighted by atomic mass is 32.2. The molecule has 0 aromatic heterocycles. The molecule has 0 saturated carbocycles. The zero-order valence-electron chi connectivity index (χ0n) is 11.8. The minimum atomic E-state index is 0.719. The van der Waals surface area contributed by atoms with Gasteiger partial charge in [0, 0.05) is 11.8 Å². The lowest BCUT2D eigenvalue weighted by Gasteiger charge is -2.20. The topological polar surface area (TPSA) is 12.0 Å². The Morgan fingerprint density at radius 2 is 2.06 bits per heavy atom. The molecule has 1 N–H and O–H groups in total. The van der Waals surface area contributed by atoms with E-state index < -0.39 is 0 Å². The molecule has 1 heterocycles. The SMILES string of the molecule is CCCNC1CSCC1Cc1ccc(C)c(C)c1. The molecule has 2 rings (SSSR count). The summed E-state index contributed by atoms with van der Waals surface area (Å²) in [4.78, 5) is 0. The summed E-state index contributed by atoms with van der Waals surface area (Å²) in [6.07, 6.45) is 2.47. The fraction of sp³-hybridized carbons (Fsp3) is 0.625. The number of hydrogen-bond donors (Lipinski definition) is 1. The van der Waals surface area contributed by atoms with Gasteiger partial charge in [-0.15, -0.1) is 0 Å². The third-order valence-corrected chi connectivity index (χ3v) is 5.18. The second kappa shape index (κ2) is 6.63. The summed E-state index contributed by atoms with van der Waals surface area (Å²) in [5.74, 6) is 3.41. The first-order valence-corrected chi connectivity index (χ1v) is 8.23. The molecular weight excluding hydrogens is 238 g/mol. The predicted octanol–water partition coefficient (Wildman–Crippen LogP) is 3.58. The predicted molar refractivity (Wildman–Crippen MR) is 82.5 cm³/mol. The Hall–Kier alpha value is -0.470. The molecule has 0 aliphatic carbocycles. The molecule has 1 aliphatic heterocycles. The van der Waals surface area contributed by atoms with E-state index in [4.69, 9.17) is 0 Å². The minimum absolute atomic E-state index is 0.719. The molecule has 2 heteroatoms. The highest BCUT2D eigenvalue weighted by molar-refractivity contribution is 7.99. The second-order valence-corrected chi connectivity index (χ2v) is 6.56. The van der Waals surface area contributed by atoms with Gasteiger partial charge in [-0.2, -0.15) is 11.8 Å². The van der Waals surface area contributed by atoms with Crippen LogP contribution >= 0.6 is 11.8 Å². The largest absolute Gasteiger partial charge is 0.313 e. The highest BCUT2D eigenvalue weighted by Crippen LogP contribution is 2.28. The fourth-order valence-electron chi connectivity index (χ4n) is 2.59. The van der Waals surface area contributed by atoms with Crippen LogP contribution < -0.4 is 5.32 Å². The molecule has 0 amide bonds. The van der Waals surface area contributed by atoms with Crippen LogP contribution in [-0.2, 0) is 6.42 Å². The van der Waals surface area contributed by atoms with Crippen LogP contribution in [-0.4, -0.2) is 24.1 Å². The van der Waals surface area contributed by atoms with Crippen LogP contribution in [0.2, 0.25) is 0 Å². The van der Waals surface area contributed by atoms with Gasteiger partial charge in [0.1, 0.15) is 0 Å². The molecule has 18 heavy (non-hydrogen) atoms. The Morgan fingerprint density at radius 1 is 1.22 bits per heavy atom. The number of hydrogen-bond acceptors (Lipinski definition) is 2. The van der Waals surface area contributed by atoms with Crippen molar-refractivity contribution in [3.05, 3.63) is 34.9 Å². The van der Waals surface area contributed by atoms with Crippen molar-refractivity contribution in [3.63, 3.8) is 0 Å². The molecule has 1 fully saturated rings. The van der Waals surface area contributed by atoms with E-state index in [0.29, 0.717) is 0 Å². The van der Waals surface area contributed by atoms with Crippen molar-refractivity contribution in [1.82, 2.24) is 5.32 Å². The van der Waals surface area contributed by atoms with E-state index in [2.05, 4.69) is 56.0 Å². The van der Waals surface area contributed by atoms with Gasteiger partial charge in [0.2, 0.25) is 0 Å². The van der Waals surface area contributed by atoms with E-state index in [1.54, 1.807) is 0 Å². The zero-order valence-corrected chi connectivity index (χ0v) is 12.6. The minimum Gasteiger partial charge on any atom is -0.313 e. The van der Waals surface area contributed by atoms with Crippen molar-refractivity contribution < 1.29 is 0 Å².